The van der Waals surface area contributed by atoms with E-state index in [1.165, 1.54) is 24.3 Å². The molecule has 3 rings (SSSR count). The fourth-order valence-corrected chi connectivity index (χ4v) is 3.09. The Morgan fingerprint density at radius 1 is 0.943 bits per heavy atom. The summed E-state index contributed by atoms with van der Waals surface area (Å²) >= 11 is 0. The van der Waals surface area contributed by atoms with Gasteiger partial charge in [0.15, 0.2) is 11.5 Å². The van der Waals surface area contributed by atoms with E-state index in [4.69, 9.17) is 4.74 Å². The first-order chi connectivity index (χ1) is 16.7. The molecule has 0 heterocycles. The second-order valence-electron chi connectivity index (χ2n) is 7.73. The summed E-state index contributed by atoms with van der Waals surface area (Å²) in [5, 5.41) is 14.7. The van der Waals surface area contributed by atoms with Crippen LogP contribution in [0.2, 0.25) is 0 Å². The topological polar surface area (TPSA) is 128 Å². The van der Waals surface area contributed by atoms with Gasteiger partial charge in [-0.2, -0.15) is 5.10 Å². The SMILES string of the molecule is Cc1ccc(C(=O)CC(=NNC(=O)c2ccc([N+](=O)[O-])cc2)C(=O)OC(C)c2ccccc2)cc1. The number of ketones is 1. The summed E-state index contributed by atoms with van der Waals surface area (Å²) in [6.45, 7) is 3.57. The molecule has 0 aliphatic rings. The summed E-state index contributed by atoms with van der Waals surface area (Å²) in [6, 6.07) is 20.7. The third-order valence-corrected chi connectivity index (χ3v) is 5.12. The zero-order valence-corrected chi connectivity index (χ0v) is 19.1. The fourth-order valence-electron chi connectivity index (χ4n) is 3.09. The van der Waals surface area contributed by atoms with Gasteiger partial charge in [-0.15, -0.1) is 0 Å². The maximum Gasteiger partial charge on any atom is 0.355 e. The standard InChI is InChI=1S/C26H23N3O6/c1-17-8-10-20(11-9-17)24(30)16-23(26(32)35-18(2)19-6-4-3-5-7-19)27-28-25(31)21-12-14-22(15-13-21)29(33)34/h3-15,18H,16H2,1-2H3,(H,28,31). The molecule has 1 N–H and O–H groups in total. The second kappa shape index (κ2) is 11.5. The Bertz CT molecular complexity index is 1250. The molecule has 3 aromatic carbocycles. The molecule has 178 valence electrons. The second-order valence-corrected chi connectivity index (χ2v) is 7.73. The number of nitro benzene ring substituents is 1. The number of nitrogens with zero attached hydrogens (tertiary/aromatic N) is 2. The highest BCUT2D eigenvalue weighted by Gasteiger charge is 2.22. The van der Waals surface area contributed by atoms with Crippen LogP contribution in [0.5, 0.6) is 0 Å². The van der Waals surface area contributed by atoms with Crippen LogP contribution in [0, 0.1) is 17.0 Å². The zero-order valence-electron chi connectivity index (χ0n) is 19.1. The van der Waals surface area contributed by atoms with Crippen LogP contribution in [-0.4, -0.2) is 28.3 Å². The van der Waals surface area contributed by atoms with Crippen LogP contribution in [-0.2, 0) is 9.53 Å². The van der Waals surface area contributed by atoms with E-state index in [0.29, 0.717) is 5.56 Å². The van der Waals surface area contributed by atoms with Gasteiger partial charge >= 0.3 is 5.97 Å². The van der Waals surface area contributed by atoms with Crippen LogP contribution in [0.3, 0.4) is 0 Å². The Kier molecular flexibility index (Phi) is 8.18. The van der Waals surface area contributed by atoms with Gasteiger partial charge in [-0.3, -0.25) is 19.7 Å². The molecule has 0 radical (unpaired) electrons. The van der Waals surface area contributed by atoms with Crippen LogP contribution in [0.15, 0.2) is 84.0 Å². The van der Waals surface area contributed by atoms with E-state index in [2.05, 4.69) is 10.5 Å². The smallest absolute Gasteiger partial charge is 0.355 e. The Morgan fingerprint density at radius 3 is 2.14 bits per heavy atom. The minimum Gasteiger partial charge on any atom is -0.453 e. The van der Waals surface area contributed by atoms with Crippen molar-refractivity contribution < 1.29 is 24.0 Å². The molecular weight excluding hydrogens is 450 g/mol. The highest BCUT2D eigenvalue weighted by molar-refractivity contribution is 6.40. The number of nitro groups is 1. The molecule has 0 saturated heterocycles. The fraction of sp³-hybridized carbons (Fsp3) is 0.154. The van der Waals surface area contributed by atoms with Crippen molar-refractivity contribution in [3.8, 4) is 0 Å². The number of aryl methyl sites for hydroxylation is 1. The molecule has 0 aliphatic heterocycles. The monoisotopic (exact) mass is 473 g/mol. The molecule has 9 heteroatoms. The van der Waals surface area contributed by atoms with Crippen molar-refractivity contribution in [1.82, 2.24) is 5.43 Å². The zero-order chi connectivity index (χ0) is 25.4. The number of hydrazone groups is 1. The van der Waals surface area contributed by atoms with E-state index in [1.54, 1.807) is 55.5 Å². The normalized spacial score (nSPS) is 11.9. The van der Waals surface area contributed by atoms with Gasteiger partial charge in [0.1, 0.15) is 6.10 Å². The molecule has 35 heavy (non-hydrogen) atoms. The van der Waals surface area contributed by atoms with Crippen LogP contribution < -0.4 is 5.43 Å². The number of hydrogen-bond acceptors (Lipinski definition) is 7. The first-order valence-corrected chi connectivity index (χ1v) is 10.7. The lowest BCUT2D eigenvalue weighted by molar-refractivity contribution is -0.384. The molecule has 0 bridgehead atoms. The molecule has 3 aromatic rings. The predicted molar refractivity (Wildman–Crippen MR) is 129 cm³/mol. The van der Waals surface area contributed by atoms with Crippen molar-refractivity contribution in [2.24, 2.45) is 5.10 Å². The van der Waals surface area contributed by atoms with Crippen molar-refractivity contribution in [3.05, 3.63) is 111 Å². The van der Waals surface area contributed by atoms with Gasteiger partial charge < -0.3 is 4.74 Å². The van der Waals surface area contributed by atoms with Crippen molar-refractivity contribution in [1.29, 1.82) is 0 Å². The van der Waals surface area contributed by atoms with Crippen LogP contribution in [0.25, 0.3) is 0 Å². The average molecular weight is 473 g/mol. The number of carbonyl (C=O) groups is 3. The van der Waals surface area contributed by atoms with Crippen molar-refractivity contribution in [2.45, 2.75) is 26.4 Å². The molecule has 1 amide bonds. The maximum absolute atomic E-state index is 12.9. The van der Waals surface area contributed by atoms with E-state index in [1.807, 2.05) is 13.0 Å². The Hall–Kier alpha value is -4.66. The van der Waals surface area contributed by atoms with Gasteiger partial charge in [-0.25, -0.2) is 10.2 Å². The highest BCUT2D eigenvalue weighted by Crippen LogP contribution is 2.17. The summed E-state index contributed by atoms with van der Waals surface area (Å²) in [5.41, 5.74) is 3.98. The van der Waals surface area contributed by atoms with Crippen LogP contribution >= 0.6 is 0 Å². The van der Waals surface area contributed by atoms with Gasteiger partial charge in [0.05, 0.1) is 11.3 Å². The minimum atomic E-state index is -0.856. The summed E-state index contributed by atoms with van der Waals surface area (Å²) < 4.78 is 5.49. The third-order valence-electron chi connectivity index (χ3n) is 5.12. The molecular formula is C26H23N3O6. The minimum absolute atomic E-state index is 0.0922. The van der Waals surface area contributed by atoms with Gasteiger partial charge in [0.25, 0.3) is 11.6 Å². The number of carbonyl (C=O) groups excluding carboxylic acids is 3. The third kappa shape index (κ3) is 6.91. The van der Waals surface area contributed by atoms with Crippen LogP contribution in [0.1, 0.15) is 51.3 Å². The number of ether oxygens (including phenoxy) is 1. The number of Topliss-reactive ketones (excluding diaryl/α,β-unsaturated/α-hetero) is 1. The Labute approximate surface area is 201 Å². The predicted octanol–water partition coefficient (Wildman–Crippen LogP) is 4.57. The summed E-state index contributed by atoms with van der Waals surface area (Å²) in [7, 11) is 0. The van der Waals surface area contributed by atoms with Gasteiger partial charge in [0, 0.05) is 23.3 Å². The lowest BCUT2D eigenvalue weighted by Crippen LogP contribution is -2.27. The summed E-state index contributed by atoms with van der Waals surface area (Å²) in [6.07, 6.45) is -1.02. The van der Waals surface area contributed by atoms with E-state index >= 15 is 0 Å². The molecule has 1 unspecified atom stereocenters. The van der Waals surface area contributed by atoms with Gasteiger partial charge in [-0.1, -0.05) is 60.2 Å². The average Bonchev–Trinajstić information content (AvgIpc) is 2.87. The number of hydrogen-bond donors (Lipinski definition) is 1. The molecule has 0 spiro atoms. The van der Waals surface area contributed by atoms with Crippen molar-refractivity contribution >= 4 is 29.1 Å². The lowest BCUT2D eigenvalue weighted by atomic mass is 10.0. The lowest BCUT2D eigenvalue weighted by Gasteiger charge is -2.14. The van der Waals surface area contributed by atoms with E-state index in [0.717, 1.165) is 11.1 Å². The van der Waals surface area contributed by atoms with Crippen molar-refractivity contribution in [2.75, 3.05) is 0 Å². The summed E-state index contributed by atoms with van der Waals surface area (Å²) in [4.78, 5) is 48.3. The van der Waals surface area contributed by atoms with Crippen molar-refractivity contribution in [3.63, 3.8) is 0 Å². The van der Waals surface area contributed by atoms with E-state index < -0.39 is 29.3 Å². The molecule has 9 nitrogen and oxygen atoms in total. The first kappa shape index (κ1) is 25.0. The number of non-ortho nitro benzene ring substituents is 1. The maximum atomic E-state index is 12.9. The number of rotatable bonds is 9. The number of amides is 1. The van der Waals surface area contributed by atoms with Crippen LogP contribution in [0.4, 0.5) is 5.69 Å². The molecule has 0 saturated carbocycles. The quantitative estimate of drug-likeness (QED) is 0.159. The van der Waals surface area contributed by atoms with E-state index in [9.17, 15) is 24.5 Å². The molecule has 0 fully saturated rings. The number of nitrogens with one attached hydrogen (secondary N) is 1. The largest absolute Gasteiger partial charge is 0.453 e. The van der Waals surface area contributed by atoms with Gasteiger partial charge in [-0.05, 0) is 31.5 Å². The molecule has 1 atom stereocenters. The van der Waals surface area contributed by atoms with E-state index in [-0.39, 0.29) is 22.7 Å². The molecule has 0 aliphatic carbocycles. The molecule has 0 aromatic heterocycles. The highest BCUT2D eigenvalue weighted by atomic mass is 16.6. The summed E-state index contributed by atoms with van der Waals surface area (Å²) in [5.74, 6) is -1.94. The first-order valence-electron chi connectivity index (χ1n) is 10.7. The van der Waals surface area contributed by atoms with Gasteiger partial charge in [0.2, 0.25) is 0 Å². The number of benzene rings is 3. The Morgan fingerprint density at radius 2 is 1.54 bits per heavy atom. The Balaban J connectivity index is 1.79. The number of esters is 1.